The van der Waals surface area contributed by atoms with E-state index in [1.807, 2.05) is 0 Å². The molecule has 5 nitrogen and oxygen atoms in total. The van der Waals surface area contributed by atoms with Gasteiger partial charge in [-0.3, -0.25) is 0 Å². The number of primary amides is 2. The van der Waals surface area contributed by atoms with Crippen LogP contribution in [0.1, 0.15) is 0 Å². The number of piperazine rings is 1. The molecular formula is C15H22N4O. The van der Waals surface area contributed by atoms with Gasteiger partial charge in [0.25, 0.3) is 0 Å². The Labute approximate surface area is 119 Å². The van der Waals surface area contributed by atoms with Gasteiger partial charge in [0, 0.05) is 26.2 Å². The van der Waals surface area contributed by atoms with Crippen LogP contribution in [0.25, 0.3) is 10.8 Å². The normalized spacial score (nSPS) is 13.4. The fourth-order valence-corrected chi connectivity index (χ4v) is 1.74. The van der Waals surface area contributed by atoms with Crippen molar-refractivity contribution >= 4 is 16.8 Å². The topological polar surface area (TPSA) is 93.2 Å². The number of carbonyl (C=O) groups is 1. The number of hydrogen-bond donors (Lipinski definition) is 4. The first-order chi connectivity index (χ1) is 9.70. The van der Waals surface area contributed by atoms with Crippen LogP contribution in [0, 0.1) is 0 Å². The van der Waals surface area contributed by atoms with E-state index in [2.05, 4.69) is 70.6 Å². The zero-order valence-corrected chi connectivity index (χ0v) is 11.5. The molecule has 2 aromatic carbocycles. The molecule has 0 radical (unpaired) electrons. The van der Waals surface area contributed by atoms with Crippen LogP contribution in [-0.4, -0.2) is 32.2 Å². The predicted molar refractivity (Wildman–Crippen MR) is 83.5 cm³/mol. The molecule has 2 aromatic rings. The molecule has 1 aliphatic rings. The molecule has 5 heteroatoms. The second kappa shape index (κ2) is 9.77. The zero-order chi connectivity index (χ0) is 14.6. The lowest BCUT2D eigenvalue weighted by molar-refractivity contribution is 0.256. The van der Waals surface area contributed by atoms with Crippen molar-refractivity contribution in [2.24, 2.45) is 11.5 Å². The van der Waals surface area contributed by atoms with Crippen molar-refractivity contribution in [2.45, 2.75) is 0 Å². The monoisotopic (exact) mass is 274 g/mol. The lowest BCUT2D eigenvalue weighted by Crippen LogP contribution is -2.39. The summed E-state index contributed by atoms with van der Waals surface area (Å²) >= 11 is 0. The minimum absolute atomic E-state index is 0.833. The van der Waals surface area contributed by atoms with Crippen LogP contribution < -0.4 is 22.1 Å². The van der Waals surface area contributed by atoms with Crippen molar-refractivity contribution < 1.29 is 4.79 Å². The SMILES string of the molecule is C1CNCCN1.NC(N)=O.c1ccc2ccccc2c1. The van der Waals surface area contributed by atoms with Crippen LogP contribution in [0.5, 0.6) is 0 Å². The number of amides is 2. The molecule has 0 aromatic heterocycles. The van der Waals surface area contributed by atoms with Crippen molar-refractivity contribution in [3.63, 3.8) is 0 Å². The summed E-state index contributed by atoms with van der Waals surface area (Å²) in [5.74, 6) is 0. The lowest BCUT2D eigenvalue weighted by atomic mass is 10.1. The third kappa shape index (κ3) is 7.35. The van der Waals surface area contributed by atoms with Crippen molar-refractivity contribution in [3.05, 3.63) is 48.5 Å². The van der Waals surface area contributed by atoms with E-state index in [1.54, 1.807) is 0 Å². The summed E-state index contributed by atoms with van der Waals surface area (Å²) in [6, 6.07) is 15.9. The highest BCUT2D eigenvalue weighted by Gasteiger charge is 1.91. The summed E-state index contributed by atoms with van der Waals surface area (Å²) in [6.07, 6.45) is 0. The van der Waals surface area contributed by atoms with Crippen LogP contribution in [0.15, 0.2) is 48.5 Å². The Kier molecular flexibility index (Phi) is 7.79. The minimum atomic E-state index is -0.833. The van der Waals surface area contributed by atoms with Gasteiger partial charge in [0.2, 0.25) is 0 Å². The van der Waals surface area contributed by atoms with Gasteiger partial charge in [-0.15, -0.1) is 0 Å². The zero-order valence-electron chi connectivity index (χ0n) is 11.5. The van der Waals surface area contributed by atoms with Crippen molar-refractivity contribution in [1.82, 2.24) is 10.6 Å². The molecule has 3 rings (SSSR count). The number of nitrogens with one attached hydrogen (secondary N) is 2. The number of fused-ring (bicyclic) bond motifs is 1. The van der Waals surface area contributed by atoms with Gasteiger partial charge in [-0.05, 0) is 10.8 Å². The molecule has 1 heterocycles. The van der Waals surface area contributed by atoms with Gasteiger partial charge in [0.05, 0.1) is 0 Å². The summed E-state index contributed by atoms with van der Waals surface area (Å²) in [4.78, 5) is 9.00. The molecule has 6 N–H and O–H groups in total. The molecule has 0 spiro atoms. The van der Waals surface area contributed by atoms with E-state index in [-0.39, 0.29) is 0 Å². The van der Waals surface area contributed by atoms with Gasteiger partial charge in [-0.1, -0.05) is 48.5 Å². The number of hydrogen-bond acceptors (Lipinski definition) is 3. The molecule has 0 saturated carbocycles. The number of rotatable bonds is 0. The highest BCUT2D eigenvalue weighted by molar-refractivity contribution is 5.82. The summed E-state index contributed by atoms with van der Waals surface area (Å²) in [5.41, 5.74) is 8.50. The van der Waals surface area contributed by atoms with Crippen LogP contribution in [0.2, 0.25) is 0 Å². The van der Waals surface area contributed by atoms with Crippen molar-refractivity contribution in [3.8, 4) is 0 Å². The van der Waals surface area contributed by atoms with E-state index in [9.17, 15) is 0 Å². The molecule has 0 atom stereocenters. The Hall–Kier alpha value is -2.11. The Morgan fingerprint density at radius 2 is 1.00 bits per heavy atom. The largest absolute Gasteiger partial charge is 0.352 e. The van der Waals surface area contributed by atoms with Gasteiger partial charge in [0.1, 0.15) is 0 Å². The van der Waals surface area contributed by atoms with E-state index < -0.39 is 6.03 Å². The predicted octanol–water partition coefficient (Wildman–Crippen LogP) is 1.04. The average molecular weight is 274 g/mol. The fourth-order valence-electron chi connectivity index (χ4n) is 1.74. The summed E-state index contributed by atoms with van der Waals surface area (Å²) < 4.78 is 0. The number of benzene rings is 2. The minimum Gasteiger partial charge on any atom is -0.352 e. The Morgan fingerprint density at radius 1 is 0.750 bits per heavy atom. The van der Waals surface area contributed by atoms with Gasteiger partial charge in [-0.2, -0.15) is 0 Å². The van der Waals surface area contributed by atoms with Crippen LogP contribution in [0.4, 0.5) is 4.79 Å². The van der Waals surface area contributed by atoms with E-state index in [0.717, 1.165) is 26.2 Å². The maximum atomic E-state index is 9.00. The summed E-state index contributed by atoms with van der Waals surface area (Å²) in [6.45, 7) is 4.56. The maximum absolute atomic E-state index is 9.00. The number of urea groups is 1. The summed E-state index contributed by atoms with van der Waals surface area (Å²) in [7, 11) is 0. The molecule has 0 aliphatic carbocycles. The van der Waals surface area contributed by atoms with Gasteiger partial charge < -0.3 is 22.1 Å². The number of carbonyl (C=O) groups excluding carboxylic acids is 1. The molecule has 20 heavy (non-hydrogen) atoms. The molecule has 1 aliphatic heterocycles. The first-order valence-electron chi connectivity index (χ1n) is 6.60. The molecule has 0 bridgehead atoms. The quantitative estimate of drug-likeness (QED) is 0.578. The Balaban J connectivity index is 0.000000172. The van der Waals surface area contributed by atoms with E-state index in [0.29, 0.717) is 0 Å². The van der Waals surface area contributed by atoms with Crippen molar-refractivity contribution in [1.29, 1.82) is 0 Å². The average Bonchev–Trinajstić information content (AvgIpc) is 2.49. The standard InChI is InChI=1S/C10H8.C4H10N2.CH4N2O/c1-2-6-10-8-4-3-7-9(10)5-1;1-2-6-4-3-5-1;2-1(3)4/h1-8H;5-6H,1-4H2;(H4,2,3,4). The number of nitrogens with two attached hydrogens (primary N) is 2. The Bertz CT molecular complexity index is 431. The molecule has 2 amide bonds. The summed E-state index contributed by atoms with van der Waals surface area (Å²) in [5, 5.41) is 9.06. The van der Waals surface area contributed by atoms with Crippen molar-refractivity contribution in [2.75, 3.05) is 26.2 Å². The van der Waals surface area contributed by atoms with Gasteiger partial charge in [-0.25, -0.2) is 4.79 Å². The van der Waals surface area contributed by atoms with Crippen LogP contribution in [-0.2, 0) is 0 Å². The van der Waals surface area contributed by atoms with Crippen LogP contribution >= 0.6 is 0 Å². The van der Waals surface area contributed by atoms with Gasteiger partial charge >= 0.3 is 6.03 Å². The highest BCUT2D eigenvalue weighted by Crippen LogP contribution is 2.11. The van der Waals surface area contributed by atoms with E-state index >= 15 is 0 Å². The lowest BCUT2D eigenvalue weighted by Gasteiger charge is -2.11. The van der Waals surface area contributed by atoms with Gasteiger partial charge in [0.15, 0.2) is 0 Å². The third-order valence-electron chi connectivity index (χ3n) is 2.62. The second-order valence-corrected chi connectivity index (χ2v) is 4.25. The molecule has 1 saturated heterocycles. The Morgan fingerprint density at radius 3 is 1.20 bits per heavy atom. The smallest absolute Gasteiger partial charge is 0.309 e. The van der Waals surface area contributed by atoms with Crippen LogP contribution in [0.3, 0.4) is 0 Å². The van der Waals surface area contributed by atoms with E-state index in [4.69, 9.17) is 4.79 Å². The maximum Gasteiger partial charge on any atom is 0.309 e. The molecule has 108 valence electrons. The second-order valence-electron chi connectivity index (χ2n) is 4.25. The highest BCUT2D eigenvalue weighted by atomic mass is 16.2. The third-order valence-corrected chi connectivity index (χ3v) is 2.62. The fraction of sp³-hybridized carbons (Fsp3) is 0.267. The van der Waals surface area contributed by atoms with E-state index in [1.165, 1.54) is 10.8 Å². The first kappa shape index (κ1) is 15.9. The molecular weight excluding hydrogens is 252 g/mol. The first-order valence-corrected chi connectivity index (χ1v) is 6.60. The molecule has 0 unspecified atom stereocenters. The molecule has 1 fully saturated rings.